The molecule has 2 N–H and O–H groups in total. The Morgan fingerprint density at radius 1 is 1.27 bits per heavy atom. The Balaban J connectivity index is 1.44. The van der Waals surface area contributed by atoms with Crippen molar-refractivity contribution in [2.24, 2.45) is 0 Å². The van der Waals surface area contributed by atoms with Crippen LogP contribution in [0.4, 0.5) is 15.8 Å². The Morgan fingerprint density at radius 2 is 2.09 bits per heavy atom. The number of furan rings is 1. The smallest absolute Gasteiger partial charge is 0.253 e. The zero-order valence-electron chi connectivity index (χ0n) is 17.4. The molecule has 0 bridgehead atoms. The van der Waals surface area contributed by atoms with E-state index in [-0.39, 0.29) is 36.4 Å². The summed E-state index contributed by atoms with van der Waals surface area (Å²) in [6.07, 6.45) is 1.73. The van der Waals surface area contributed by atoms with Crippen LogP contribution in [0.15, 0.2) is 40.8 Å². The Morgan fingerprint density at radius 3 is 2.79 bits per heavy atom. The molecule has 4 rings (SSSR count). The Kier molecular flexibility index (Phi) is 6.77. The van der Waals surface area contributed by atoms with Gasteiger partial charge in [0.15, 0.2) is 5.22 Å². The highest BCUT2D eigenvalue weighted by Gasteiger charge is 2.38. The van der Waals surface area contributed by atoms with Crippen molar-refractivity contribution in [1.82, 2.24) is 4.90 Å². The minimum absolute atomic E-state index is 0.0139. The highest BCUT2D eigenvalue weighted by Crippen LogP contribution is 2.26. The lowest BCUT2D eigenvalue weighted by Gasteiger charge is -2.27. The van der Waals surface area contributed by atoms with Gasteiger partial charge in [0.1, 0.15) is 24.2 Å². The molecular weight excluding hydrogens is 457 g/mol. The van der Waals surface area contributed by atoms with Gasteiger partial charge in [-0.25, -0.2) is 4.39 Å². The standard InChI is InChI=1S/C22H21ClFN3O6/c23-19-5-2-15(33-19)3-6-20(29)27-11-14(28)10-18(27)22(31)25-17-4-1-13(9-16(17)24)26-7-8-32-12-21(26)30/h1-6,9,14,18,28H,7-8,10-12H2,(H,25,31)/t14-,18-/m1/s1. The van der Waals surface area contributed by atoms with Crippen LogP contribution >= 0.6 is 11.6 Å². The van der Waals surface area contributed by atoms with Gasteiger partial charge in [0.25, 0.3) is 5.91 Å². The number of hydrogen-bond acceptors (Lipinski definition) is 6. The van der Waals surface area contributed by atoms with Gasteiger partial charge >= 0.3 is 0 Å². The van der Waals surface area contributed by atoms with Gasteiger partial charge in [-0.3, -0.25) is 14.4 Å². The van der Waals surface area contributed by atoms with Crippen LogP contribution in [0.2, 0.25) is 5.22 Å². The van der Waals surface area contributed by atoms with Gasteiger partial charge in [0.05, 0.1) is 18.4 Å². The summed E-state index contributed by atoms with van der Waals surface area (Å²) in [6.45, 7) is 0.538. The van der Waals surface area contributed by atoms with Gasteiger partial charge in [-0.05, 0) is 48.0 Å². The molecule has 0 aliphatic carbocycles. The number of halogens is 2. The third kappa shape index (κ3) is 5.24. The maximum Gasteiger partial charge on any atom is 0.253 e. The highest BCUT2D eigenvalue weighted by molar-refractivity contribution is 6.28. The van der Waals surface area contributed by atoms with Crippen molar-refractivity contribution >= 4 is 46.8 Å². The molecule has 11 heteroatoms. The SMILES string of the molecule is O=C(Nc1ccc(N2CCOCC2=O)cc1F)[C@H]1C[C@@H](O)CN1C(=O)C=Cc1ccc(Cl)o1. The van der Waals surface area contributed by atoms with Gasteiger partial charge in [-0.15, -0.1) is 0 Å². The van der Waals surface area contributed by atoms with E-state index in [2.05, 4.69) is 5.32 Å². The number of carbonyl (C=O) groups excluding carboxylic acids is 3. The van der Waals surface area contributed by atoms with E-state index < -0.39 is 29.8 Å². The van der Waals surface area contributed by atoms with Crippen molar-refractivity contribution in [2.75, 3.05) is 36.5 Å². The molecule has 0 spiro atoms. The van der Waals surface area contributed by atoms with Crippen molar-refractivity contribution in [3.8, 4) is 0 Å². The maximum absolute atomic E-state index is 14.7. The lowest BCUT2D eigenvalue weighted by atomic mass is 10.1. The first kappa shape index (κ1) is 23.0. The number of likely N-dealkylation sites (tertiary alicyclic amines) is 1. The number of morpholine rings is 1. The number of aliphatic hydroxyl groups excluding tert-OH is 1. The second-order valence-corrected chi connectivity index (χ2v) is 8.00. The van der Waals surface area contributed by atoms with Crippen LogP contribution in [0.25, 0.3) is 6.08 Å². The summed E-state index contributed by atoms with van der Waals surface area (Å²) < 4.78 is 24.9. The number of anilines is 2. The predicted octanol–water partition coefficient (Wildman–Crippen LogP) is 2.05. The summed E-state index contributed by atoms with van der Waals surface area (Å²) in [5.41, 5.74) is 0.258. The fraction of sp³-hybridized carbons (Fsp3) is 0.318. The van der Waals surface area contributed by atoms with Gasteiger partial charge in [0.2, 0.25) is 11.8 Å². The van der Waals surface area contributed by atoms with E-state index in [1.54, 1.807) is 6.07 Å². The first-order chi connectivity index (χ1) is 15.8. The molecule has 0 unspecified atom stereocenters. The van der Waals surface area contributed by atoms with Crippen LogP contribution in [0, 0.1) is 5.82 Å². The van der Waals surface area contributed by atoms with E-state index in [9.17, 15) is 23.9 Å². The molecule has 2 atom stereocenters. The number of carbonyl (C=O) groups is 3. The third-order valence-corrected chi connectivity index (χ3v) is 5.56. The second-order valence-electron chi connectivity index (χ2n) is 7.62. The molecule has 1 aromatic carbocycles. The van der Waals surface area contributed by atoms with Crippen molar-refractivity contribution < 1.29 is 33.0 Å². The van der Waals surface area contributed by atoms with Gasteiger partial charge in [-0.1, -0.05) is 0 Å². The molecule has 2 aliphatic rings. The van der Waals surface area contributed by atoms with Crippen molar-refractivity contribution in [2.45, 2.75) is 18.6 Å². The number of aliphatic hydroxyl groups is 1. The predicted molar refractivity (Wildman–Crippen MR) is 117 cm³/mol. The van der Waals surface area contributed by atoms with E-state index in [4.69, 9.17) is 20.8 Å². The molecule has 3 amide bonds. The van der Waals surface area contributed by atoms with E-state index in [1.807, 2.05) is 0 Å². The molecular formula is C22H21ClFN3O6. The molecule has 2 fully saturated rings. The number of ether oxygens (including phenoxy) is 1. The summed E-state index contributed by atoms with van der Waals surface area (Å²) in [7, 11) is 0. The summed E-state index contributed by atoms with van der Waals surface area (Å²) in [4.78, 5) is 40.0. The fourth-order valence-corrected chi connectivity index (χ4v) is 3.91. The monoisotopic (exact) mass is 477 g/mol. The van der Waals surface area contributed by atoms with Crippen LogP contribution in [0.5, 0.6) is 0 Å². The number of rotatable bonds is 5. The third-order valence-electron chi connectivity index (χ3n) is 5.36. The lowest BCUT2D eigenvalue weighted by Crippen LogP contribution is -2.42. The number of amides is 3. The number of nitrogens with zero attached hydrogens (tertiary/aromatic N) is 2. The van der Waals surface area contributed by atoms with Gasteiger partial charge in [-0.2, -0.15) is 0 Å². The number of hydrogen-bond donors (Lipinski definition) is 2. The van der Waals surface area contributed by atoms with Crippen LogP contribution < -0.4 is 10.2 Å². The molecule has 0 saturated carbocycles. The van der Waals surface area contributed by atoms with Gasteiger partial charge in [0, 0.05) is 31.3 Å². The summed E-state index contributed by atoms with van der Waals surface area (Å²) >= 11 is 5.70. The first-order valence-corrected chi connectivity index (χ1v) is 10.6. The molecule has 1 aromatic heterocycles. The molecule has 3 heterocycles. The first-order valence-electron chi connectivity index (χ1n) is 10.2. The summed E-state index contributed by atoms with van der Waals surface area (Å²) in [5.74, 6) is -1.80. The van der Waals surface area contributed by atoms with Crippen molar-refractivity contribution in [3.63, 3.8) is 0 Å². The van der Waals surface area contributed by atoms with E-state index in [1.165, 1.54) is 40.2 Å². The minimum atomic E-state index is -0.989. The normalized spacial score (nSPS) is 21.1. The molecule has 2 saturated heterocycles. The zero-order valence-corrected chi connectivity index (χ0v) is 18.1. The summed E-state index contributed by atoms with van der Waals surface area (Å²) in [6, 6.07) is 6.14. The number of β-amino-alcohol motifs (C(OH)–C–C–N with tert-alkyl or cyclic N) is 1. The van der Waals surface area contributed by atoms with Crippen LogP contribution in [0.3, 0.4) is 0 Å². The Hall–Kier alpha value is -3.21. The average molecular weight is 478 g/mol. The van der Waals surface area contributed by atoms with E-state index >= 15 is 0 Å². The van der Waals surface area contributed by atoms with Gasteiger partial charge < -0.3 is 29.4 Å². The zero-order chi connectivity index (χ0) is 23.5. The van der Waals surface area contributed by atoms with Crippen LogP contribution in [-0.4, -0.2) is 66.2 Å². The van der Waals surface area contributed by atoms with E-state index in [0.717, 1.165) is 6.07 Å². The number of benzene rings is 1. The minimum Gasteiger partial charge on any atom is -0.445 e. The fourth-order valence-electron chi connectivity index (χ4n) is 3.75. The van der Waals surface area contributed by atoms with Crippen LogP contribution in [0.1, 0.15) is 12.2 Å². The van der Waals surface area contributed by atoms with Crippen molar-refractivity contribution in [1.29, 1.82) is 0 Å². The topological polar surface area (TPSA) is 112 Å². The van der Waals surface area contributed by atoms with E-state index in [0.29, 0.717) is 24.6 Å². The summed E-state index contributed by atoms with van der Waals surface area (Å²) in [5, 5.41) is 12.7. The lowest BCUT2D eigenvalue weighted by molar-refractivity contribution is -0.132. The molecule has 2 aromatic rings. The quantitative estimate of drug-likeness (QED) is 0.637. The Labute approximate surface area is 193 Å². The second kappa shape index (κ2) is 9.74. The molecule has 2 aliphatic heterocycles. The molecule has 9 nitrogen and oxygen atoms in total. The molecule has 0 radical (unpaired) electrons. The largest absolute Gasteiger partial charge is 0.445 e. The molecule has 174 valence electrons. The number of nitrogens with one attached hydrogen (secondary N) is 1. The van der Waals surface area contributed by atoms with Crippen LogP contribution in [-0.2, 0) is 19.1 Å². The molecule has 33 heavy (non-hydrogen) atoms. The Bertz CT molecular complexity index is 1100. The maximum atomic E-state index is 14.7. The highest BCUT2D eigenvalue weighted by atomic mass is 35.5. The average Bonchev–Trinajstić information content (AvgIpc) is 3.39. The van der Waals surface area contributed by atoms with Crippen molar-refractivity contribution in [3.05, 3.63) is 53.2 Å².